The molecule has 0 N–H and O–H groups in total. The summed E-state index contributed by atoms with van der Waals surface area (Å²) in [5.41, 5.74) is 20.0. The predicted molar refractivity (Wildman–Crippen MR) is 313 cm³/mol. The smallest absolute Gasteiger partial charge is 0.0619 e. The van der Waals surface area contributed by atoms with Gasteiger partial charge >= 0.3 is 0 Å². The first-order chi connectivity index (χ1) is 36.5. The van der Waals surface area contributed by atoms with E-state index in [1.807, 2.05) is 0 Å². The molecule has 0 saturated carbocycles. The van der Waals surface area contributed by atoms with E-state index in [2.05, 4.69) is 289 Å². The second-order valence-corrected chi connectivity index (χ2v) is 20.5. The number of aromatic nitrogens is 2. The Balaban J connectivity index is 1.00. The lowest BCUT2D eigenvalue weighted by atomic mass is 9.82. The Hall–Kier alpha value is -9.44. The monoisotopic (exact) mass is 943 g/mol. The van der Waals surface area contributed by atoms with Crippen molar-refractivity contribution < 1.29 is 0 Å². The van der Waals surface area contributed by atoms with E-state index < -0.39 is 0 Å². The number of benzene rings is 12. The van der Waals surface area contributed by atoms with E-state index in [-0.39, 0.29) is 5.41 Å². The maximum Gasteiger partial charge on any atom is 0.0619 e. The average Bonchev–Trinajstić information content (AvgIpc) is 4.11. The van der Waals surface area contributed by atoms with Crippen LogP contribution in [-0.4, -0.2) is 9.13 Å². The van der Waals surface area contributed by atoms with Crippen molar-refractivity contribution in [3.05, 3.63) is 272 Å². The van der Waals surface area contributed by atoms with Crippen LogP contribution in [0, 0.1) is 0 Å². The van der Waals surface area contributed by atoms with Crippen LogP contribution in [0.2, 0.25) is 0 Å². The lowest BCUT2D eigenvalue weighted by Crippen LogP contribution is -2.16. The molecule has 1 aliphatic rings. The van der Waals surface area contributed by atoms with Gasteiger partial charge in [-0.3, -0.25) is 0 Å². The molecule has 0 atom stereocenters. The standard InChI is InChI=1S/C71H49N3/c1-71(2)64-28-13-10-25-59(64)60-39-37-54(45-65(60)71)72(52-35-31-47(32-36-52)46-17-4-3-5-18-46)55-42-51(43-56(44-55)73-67-30-15-12-27-63(67)69-57-23-8-6-19-48(57)34-40-68(69)73)50-21-16-22-53(41-50)74-66-29-14-11-26-61(66)62-38-33-49-20-7-9-24-58(49)70(62)74/h3-45H,1-2H3. The molecule has 15 rings (SSSR count). The quantitative estimate of drug-likeness (QED) is 0.155. The lowest BCUT2D eigenvalue weighted by Gasteiger charge is -2.29. The van der Waals surface area contributed by atoms with E-state index >= 15 is 0 Å². The van der Waals surface area contributed by atoms with E-state index in [1.54, 1.807) is 0 Å². The van der Waals surface area contributed by atoms with Crippen molar-refractivity contribution in [2.24, 2.45) is 0 Å². The van der Waals surface area contributed by atoms with Crippen LogP contribution in [0.4, 0.5) is 17.1 Å². The minimum atomic E-state index is -0.178. The van der Waals surface area contributed by atoms with Gasteiger partial charge in [0.2, 0.25) is 0 Å². The van der Waals surface area contributed by atoms with Crippen molar-refractivity contribution in [1.29, 1.82) is 0 Å². The van der Waals surface area contributed by atoms with Crippen LogP contribution >= 0.6 is 0 Å². The second-order valence-electron chi connectivity index (χ2n) is 20.5. The molecule has 2 heterocycles. The molecule has 0 bridgehead atoms. The van der Waals surface area contributed by atoms with Gasteiger partial charge in [-0.15, -0.1) is 0 Å². The van der Waals surface area contributed by atoms with Crippen molar-refractivity contribution >= 4 is 82.2 Å². The summed E-state index contributed by atoms with van der Waals surface area (Å²) in [5.74, 6) is 0. The van der Waals surface area contributed by atoms with E-state index in [9.17, 15) is 0 Å². The highest BCUT2D eigenvalue weighted by Crippen LogP contribution is 2.51. The number of nitrogens with zero attached hydrogens (tertiary/aromatic N) is 3. The zero-order valence-electron chi connectivity index (χ0n) is 41.2. The summed E-state index contributed by atoms with van der Waals surface area (Å²) in [4.78, 5) is 2.48. The number of hydrogen-bond acceptors (Lipinski definition) is 1. The number of para-hydroxylation sites is 2. The van der Waals surface area contributed by atoms with E-state index in [0.717, 1.165) is 39.6 Å². The highest BCUT2D eigenvalue weighted by molar-refractivity contribution is 6.22. The van der Waals surface area contributed by atoms with Crippen LogP contribution in [0.3, 0.4) is 0 Å². The number of anilines is 3. The summed E-state index contributed by atoms with van der Waals surface area (Å²) in [5, 5.41) is 9.96. The molecule has 1 aliphatic carbocycles. The first-order valence-corrected chi connectivity index (χ1v) is 25.7. The molecular formula is C71H49N3. The summed E-state index contributed by atoms with van der Waals surface area (Å²) in [6.45, 7) is 4.75. The van der Waals surface area contributed by atoms with Gasteiger partial charge in [-0.05, 0) is 133 Å². The minimum Gasteiger partial charge on any atom is -0.310 e. The van der Waals surface area contributed by atoms with Gasteiger partial charge in [-0.1, -0.05) is 202 Å². The van der Waals surface area contributed by atoms with Crippen LogP contribution in [-0.2, 0) is 5.41 Å². The first kappa shape index (κ1) is 42.3. The van der Waals surface area contributed by atoms with Crippen LogP contribution in [0.5, 0.6) is 0 Å². The van der Waals surface area contributed by atoms with Gasteiger partial charge in [0.1, 0.15) is 0 Å². The molecule has 74 heavy (non-hydrogen) atoms. The van der Waals surface area contributed by atoms with Gasteiger partial charge in [0.15, 0.2) is 0 Å². The zero-order chi connectivity index (χ0) is 49.1. The van der Waals surface area contributed by atoms with Crippen molar-refractivity contribution in [1.82, 2.24) is 9.13 Å². The van der Waals surface area contributed by atoms with Crippen molar-refractivity contribution in [2.45, 2.75) is 19.3 Å². The van der Waals surface area contributed by atoms with Gasteiger partial charge in [0.25, 0.3) is 0 Å². The molecule has 0 fully saturated rings. The SMILES string of the molecule is CC1(C)c2ccccc2-c2ccc(N(c3ccc(-c4ccccc4)cc3)c3cc(-c4cccc(-n5c6ccccc6c6ccc7ccccc7c65)c4)cc(-n4c5ccccc5c5c6ccccc6ccc54)c3)cc21. The molecule has 2 aromatic heterocycles. The second kappa shape index (κ2) is 16.3. The van der Waals surface area contributed by atoms with Gasteiger partial charge in [0.05, 0.1) is 22.1 Å². The summed E-state index contributed by atoms with van der Waals surface area (Å²) >= 11 is 0. The van der Waals surface area contributed by atoms with E-state index in [4.69, 9.17) is 0 Å². The Kier molecular flexibility index (Phi) is 9.31. The fourth-order valence-corrected chi connectivity index (χ4v) is 12.6. The van der Waals surface area contributed by atoms with Crippen LogP contribution in [0.25, 0.3) is 110 Å². The Morgan fingerprint density at radius 1 is 0.311 bits per heavy atom. The maximum atomic E-state index is 2.49. The van der Waals surface area contributed by atoms with Crippen molar-refractivity contribution in [3.8, 4) is 44.8 Å². The molecule has 0 amide bonds. The summed E-state index contributed by atoms with van der Waals surface area (Å²) < 4.78 is 4.97. The van der Waals surface area contributed by atoms with Gasteiger partial charge in [-0.2, -0.15) is 0 Å². The Bertz CT molecular complexity index is 4570. The Morgan fingerprint density at radius 3 is 1.74 bits per heavy atom. The number of fused-ring (bicyclic) bond motifs is 13. The third-order valence-corrected chi connectivity index (χ3v) is 16.0. The molecule has 12 aromatic carbocycles. The molecule has 0 radical (unpaired) electrons. The molecule has 0 saturated heterocycles. The molecule has 0 spiro atoms. The fraction of sp³-hybridized carbons (Fsp3) is 0.0423. The normalized spacial score (nSPS) is 12.8. The summed E-state index contributed by atoms with van der Waals surface area (Å²) in [6.07, 6.45) is 0. The Morgan fingerprint density at radius 2 is 0.919 bits per heavy atom. The van der Waals surface area contributed by atoms with Crippen molar-refractivity contribution in [3.63, 3.8) is 0 Å². The number of hydrogen-bond donors (Lipinski definition) is 0. The van der Waals surface area contributed by atoms with Crippen LogP contribution in [0.15, 0.2) is 261 Å². The maximum absolute atomic E-state index is 2.49. The number of rotatable bonds is 7. The summed E-state index contributed by atoms with van der Waals surface area (Å²) in [7, 11) is 0. The molecule has 14 aromatic rings. The van der Waals surface area contributed by atoms with Gasteiger partial charge in [0, 0.05) is 60.8 Å². The molecule has 0 aliphatic heterocycles. The van der Waals surface area contributed by atoms with Crippen LogP contribution < -0.4 is 4.90 Å². The first-order valence-electron chi connectivity index (χ1n) is 25.7. The lowest BCUT2D eigenvalue weighted by molar-refractivity contribution is 0.660. The largest absolute Gasteiger partial charge is 0.310 e. The topological polar surface area (TPSA) is 13.1 Å². The van der Waals surface area contributed by atoms with Crippen molar-refractivity contribution in [2.75, 3.05) is 4.90 Å². The third-order valence-electron chi connectivity index (χ3n) is 16.0. The molecule has 3 heteroatoms. The molecular weight excluding hydrogens is 895 g/mol. The van der Waals surface area contributed by atoms with Gasteiger partial charge in [-0.25, -0.2) is 0 Å². The molecule has 0 unspecified atom stereocenters. The fourth-order valence-electron chi connectivity index (χ4n) is 12.6. The van der Waals surface area contributed by atoms with Gasteiger partial charge < -0.3 is 14.0 Å². The Labute approximate surface area is 430 Å². The van der Waals surface area contributed by atoms with Crippen LogP contribution in [0.1, 0.15) is 25.0 Å². The zero-order valence-corrected chi connectivity index (χ0v) is 41.2. The third kappa shape index (κ3) is 6.39. The minimum absolute atomic E-state index is 0.178. The predicted octanol–water partition coefficient (Wildman–Crippen LogP) is 19.3. The summed E-state index contributed by atoms with van der Waals surface area (Å²) in [6, 6.07) is 96.8. The average molecular weight is 944 g/mol. The molecule has 3 nitrogen and oxygen atoms in total. The molecule has 348 valence electrons. The highest BCUT2D eigenvalue weighted by atomic mass is 15.1. The highest BCUT2D eigenvalue weighted by Gasteiger charge is 2.36. The van der Waals surface area contributed by atoms with E-state index in [1.165, 1.54) is 98.5 Å². The van der Waals surface area contributed by atoms with E-state index in [0.29, 0.717) is 0 Å².